The molecule has 0 aliphatic rings. The molecule has 2 rings (SSSR count). The first kappa shape index (κ1) is 17.0. The van der Waals surface area contributed by atoms with E-state index in [2.05, 4.69) is 10.0 Å². The van der Waals surface area contributed by atoms with Crippen molar-refractivity contribution in [3.8, 4) is 0 Å². The van der Waals surface area contributed by atoms with Gasteiger partial charge in [-0.2, -0.15) is 0 Å². The van der Waals surface area contributed by atoms with Crippen LogP contribution in [0.15, 0.2) is 47.4 Å². The zero-order valence-electron chi connectivity index (χ0n) is 13.4. The van der Waals surface area contributed by atoms with Gasteiger partial charge in [-0.3, -0.25) is 9.52 Å². The third kappa shape index (κ3) is 4.32. The second-order valence-electron chi connectivity index (χ2n) is 5.35. The van der Waals surface area contributed by atoms with Crippen LogP contribution in [0.4, 0.5) is 11.4 Å². The minimum atomic E-state index is -3.67. The molecule has 2 aromatic rings. The molecule has 0 radical (unpaired) electrons. The summed E-state index contributed by atoms with van der Waals surface area (Å²) in [5, 5.41) is 2.72. The molecule has 0 fully saturated rings. The van der Waals surface area contributed by atoms with Gasteiger partial charge in [0.25, 0.3) is 10.0 Å². The standard InChI is InChI=1S/C17H20N2O3S/c1-4-17(20)18-14-8-7-13(3)16(11-14)19-23(21,22)15-9-5-12(2)6-10-15/h5-11,19H,4H2,1-3H3,(H,18,20). The van der Waals surface area contributed by atoms with Gasteiger partial charge in [-0.1, -0.05) is 30.7 Å². The van der Waals surface area contributed by atoms with Crippen molar-refractivity contribution in [1.29, 1.82) is 0 Å². The number of carbonyl (C=O) groups is 1. The lowest BCUT2D eigenvalue weighted by atomic mass is 10.2. The Bertz CT molecular complexity index is 812. The number of benzene rings is 2. The van der Waals surface area contributed by atoms with Gasteiger partial charge in [-0.15, -0.1) is 0 Å². The van der Waals surface area contributed by atoms with Crippen LogP contribution in [0.2, 0.25) is 0 Å². The topological polar surface area (TPSA) is 75.3 Å². The van der Waals surface area contributed by atoms with Crippen LogP contribution in [0.1, 0.15) is 24.5 Å². The molecular weight excluding hydrogens is 312 g/mol. The number of hydrogen-bond acceptors (Lipinski definition) is 3. The summed E-state index contributed by atoms with van der Waals surface area (Å²) in [6.07, 6.45) is 0.359. The van der Waals surface area contributed by atoms with Crippen LogP contribution in [0.25, 0.3) is 0 Å². The van der Waals surface area contributed by atoms with Crippen LogP contribution in [0.5, 0.6) is 0 Å². The van der Waals surface area contributed by atoms with E-state index in [0.717, 1.165) is 11.1 Å². The molecule has 6 heteroatoms. The number of hydrogen-bond donors (Lipinski definition) is 2. The van der Waals surface area contributed by atoms with Crippen molar-refractivity contribution >= 4 is 27.3 Å². The van der Waals surface area contributed by atoms with Crippen molar-refractivity contribution in [3.05, 3.63) is 53.6 Å². The number of carbonyl (C=O) groups excluding carboxylic acids is 1. The first-order chi connectivity index (χ1) is 10.8. The zero-order chi connectivity index (χ0) is 17.0. The Balaban J connectivity index is 2.29. The fourth-order valence-electron chi connectivity index (χ4n) is 1.98. The average Bonchev–Trinajstić information content (AvgIpc) is 2.50. The fourth-order valence-corrected chi connectivity index (χ4v) is 3.10. The summed E-state index contributed by atoms with van der Waals surface area (Å²) in [6, 6.07) is 11.8. The van der Waals surface area contributed by atoms with Crippen molar-refractivity contribution in [2.75, 3.05) is 10.0 Å². The smallest absolute Gasteiger partial charge is 0.261 e. The Morgan fingerprint density at radius 1 is 1.04 bits per heavy atom. The molecule has 0 aromatic heterocycles. The van der Waals surface area contributed by atoms with Gasteiger partial charge >= 0.3 is 0 Å². The molecule has 0 bridgehead atoms. The molecule has 0 saturated carbocycles. The number of aryl methyl sites for hydroxylation is 2. The number of sulfonamides is 1. The van der Waals surface area contributed by atoms with Crippen LogP contribution in [0, 0.1) is 13.8 Å². The van der Waals surface area contributed by atoms with Crippen molar-refractivity contribution in [2.24, 2.45) is 0 Å². The lowest BCUT2D eigenvalue weighted by Crippen LogP contribution is -2.15. The quantitative estimate of drug-likeness (QED) is 0.880. The van der Waals surface area contributed by atoms with E-state index in [1.165, 1.54) is 0 Å². The maximum absolute atomic E-state index is 12.5. The highest BCUT2D eigenvalue weighted by Gasteiger charge is 2.15. The summed E-state index contributed by atoms with van der Waals surface area (Å²) in [6.45, 7) is 5.46. The monoisotopic (exact) mass is 332 g/mol. The number of anilines is 2. The van der Waals surface area contributed by atoms with Gasteiger partial charge in [0.2, 0.25) is 5.91 Å². The van der Waals surface area contributed by atoms with Crippen molar-refractivity contribution < 1.29 is 13.2 Å². The molecule has 2 aromatic carbocycles. The molecule has 122 valence electrons. The summed E-state index contributed by atoms with van der Waals surface area (Å²) in [7, 11) is -3.67. The maximum atomic E-state index is 12.5. The van der Waals surface area contributed by atoms with Gasteiger partial charge in [0, 0.05) is 12.1 Å². The summed E-state index contributed by atoms with van der Waals surface area (Å²) >= 11 is 0. The van der Waals surface area contributed by atoms with Crippen LogP contribution < -0.4 is 10.0 Å². The van der Waals surface area contributed by atoms with Gasteiger partial charge in [0.15, 0.2) is 0 Å². The SMILES string of the molecule is CCC(=O)Nc1ccc(C)c(NS(=O)(=O)c2ccc(C)cc2)c1. The first-order valence-electron chi connectivity index (χ1n) is 7.32. The lowest BCUT2D eigenvalue weighted by molar-refractivity contribution is -0.115. The predicted molar refractivity (Wildman–Crippen MR) is 92.1 cm³/mol. The number of rotatable bonds is 5. The van der Waals surface area contributed by atoms with E-state index in [9.17, 15) is 13.2 Å². The van der Waals surface area contributed by atoms with Crippen molar-refractivity contribution in [2.45, 2.75) is 32.1 Å². The van der Waals surface area contributed by atoms with Crippen LogP contribution in [0.3, 0.4) is 0 Å². The Morgan fingerprint density at radius 3 is 2.30 bits per heavy atom. The Hall–Kier alpha value is -2.34. The molecule has 0 unspecified atom stereocenters. The summed E-state index contributed by atoms with van der Waals surface area (Å²) in [4.78, 5) is 11.7. The molecule has 0 atom stereocenters. The third-order valence-electron chi connectivity index (χ3n) is 3.42. The van der Waals surface area contributed by atoms with Gasteiger partial charge < -0.3 is 5.32 Å². The number of amides is 1. The normalized spacial score (nSPS) is 11.1. The number of nitrogens with one attached hydrogen (secondary N) is 2. The summed E-state index contributed by atoms with van der Waals surface area (Å²) < 4.78 is 27.5. The largest absolute Gasteiger partial charge is 0.326 e. The molecule has 1 amide bonds. The maximum Gasteiger partial charge on any atom is 0.261 e. The van der Waals surface area contributed by atoms with Gasteiger partial charge in [-0.25, -0.2) is 8.42 Å². The highest BCUT2D eigenvalue weighted by atomic mass is 32.2. The van der Waals surface area contributed by atoms with E-state index in [0.29, 0.717) is 17.8 Å². The van der Waals surface area contributed by atoms with Gasteiger partial charge in [0.1, 0.15) is 0 Å². The lowest BCUT2D eigenvalue weighted by Gasteiger charge is -2.13. The summed E-state index contributed by atoms with van der Waals surface area (Å²) in [5.74, 6) is -0.124. The molecule has 0 heterocycles. The van der Waals surface area contributed by atoms with E-state index in [1.807, 2.05) is 6.92 Å². The fraction of sp³-hybridized carbons (Fsp3) is 0.235. The Kier molecular flexibility index (Phi) is 5.05. The highest BCUT2D eigenvalue weighted by Crippen LogP contribution is 2.24. The molecule has 23 heavy (non-hydrogen) atoms. The molecular formula is C17H20N2O3S. The molecule has 0 aliphatic heterocycles. The van der Waals surface area contributed by atoms with E-state index < -0.39 is 10.0 Å². The van der Waals surface area contributed by atoms with E-state index in [4.69, 9.17) is 0 Å². The minimum Gasteiger partial charge on any atom is -0.326 e. The summed E-state index contributed by atoms with van der Waals surface area (Å²) in [5.41, 5.74) is 2.77. The molecule has 2 N–H and O–H groups in total. The van der Waals surface area contributed by atoms with E-state index >= 15 is 0 Å². The zero-order valence-corrected chi connectivity index (χ0v) is 14.2. The average molecular weight is 332 g/mol. The third-order valence-corrected chi connectivity index (χ3v) is 4.80. The van der Waals surface area contributed by atoms with Crippen LogP contribution in [-0.2, 0) is 14.8 Å². The van der Waals surface area contributed by atoms with Crippen LogP contribution >= 0.6 is 0 Å². The van der Waals surface area contributed by atoms with Gasteiger partial charge in [0.05, 0.1) is 10.6 Å². The van der Waals surface area contributed by atoms with Crippen molar-refractivity contribution in [3.63, 3.8) is 0 Å². The van der Waals surface area contributed by atoms with E-state index in [1.54, 1.807) is 56.3 Å². The van der Waals surface area contributed by atoms with Crippen molar-refractivity contribution in [1.82, 2.24) is 0 Å². The van der Waals surface area contributed by atoms with Crippen LogP contribution in [-0.4, -0.2) is 14.3 Å². The highest BCUT2D eigenvalue weighted by molar-refractivity contribution is 7.92. The minimum absolute atomic E-state index is 0.124. The second kappa shape index (κ2) is 6.83. The molecule has 0 aliphatic carbocycles. The molecule has 5 nitrogen and oxygen atoms in total. The van der Waals surface area contributed by atoms with E-state index in [-0.39, 0.29) is 10.8 Å². The molecule has 0 spiro atoms. The first-order valence-corrected chi connectivity index (χ1v) is 8.80. The predicted octanol–water partition coefficient (Wildman–Crippen LogP) is 3.45. The molecule has 0 saturated heterocycles. The Labute approximate surface area is 136 Å². The second-order valence-corrected chi connectivity index (χ2v) is 7.03. The Morgan fingerprint density at radius 2 is 1.70 bits per heavy atom. The van der Waals surface area contributed by atoms with Gasteiger partial charge in [-0.05, 0) is 43.7 Å².